The highest BCUT2D eigenvalue weighted by atomic mass is 16.4. The summed E-state index contributed by atoms with van der Waals surface area (Å²) >= 11 is 0. The number of hydrogen-bond acceptors (Lipinski definition) is 4. The minimum Gasteiger partial charge on any atom is -0.508 e. The van der Waals surface area contributed by atoms with E-state index in [2.05, 4.69) is 4.98 Å². The molecule has 0 radical (unpaired) electrons. The first-order valence-corrected chi connectivity index (χ1v) is 4.61. The topological polar surface area (TPSA) is 83.6 Å². The van der Waals surface area contributed by atoms with Crippen LogP contribution in [0.2, 0.25) is 0 Å². The number of aromatic hydroxyl groups is 1. The minimum atomic E-state index is -0.964. The third kappa shape index (κ3) is 2.20. The first kappa shape index (κ1) is 10.2. The van der Waals surface area contributed by atoms with Gasteiger partial charge in [-0.2, -0.15) is 0 Å². The lowest BCUT2D eigenvalue weighted by atomic mass is 10.2. The Hall–Kier alpha value is -2.30. The largest absolute Gasteiger partial charge is 0.508 e. The second kappa shape index (κ2) is 4.06. The summed E-state index contributed by atoms with van der Waals surface area (Å²) in [6.45, 7) is 0. The van der Waals surface area contributed by atoms with Crippen molar-refractivity contribution >= 4 is 5.97 Å². The Morgan fingerprint density at radius 3 is 2.62 bits per heavy atom. The molecule has 0 amide bonds. The van der Waals surface area contributed by atoms with E-state index in [4.69, 9.17) is 14.6 Å². The number of hydrogen-bond donors (Lipinski definition) is 2. The van der Waals surface area contributed by atoms with E-state index in [-0.39, 0.29) is 12.2 Å². The van der Waals surface area contributed by atoms with Gasteiger partial charge < -0.3 is 14.6 Å². The van der Waals surface area contributed by atoms with Gasteiger partial charge in [0.1, 0.15) is 17.9 Å². The number of phenols is 1. The summed E-state index contributed by atoms with van der Waals surface area (Å²) in [5.41, 5.74) is 0.689. The van der Waals surface area contributed by atoms with Crippen LogP contribution in [0, 0.1) is 0 Å². The van der Waals surface area contributed by atoms with Gasteiger partial charge in [-0.1, -0.05) is 0 Å². The Labute approximate surface area is 91.0 Å². The van der Waals surface area contributed by atoms with Crippen LogP contribution in [0.15, 0.2) is 34.9 Å². The van der Waals surface area contributed by atoms with E-state index in [1.807, 2.05) is 0 Å². The number of phenolic OH excluding ortho intramolecular Hbond substituents is 1. The molecule has 0 atom stereocenters. The number of benzene rings is 1. The van der Waals surface area contributed by atoms with Crippen molar-refractivity contribution in [2.24, 2.45) is 0 Å². The normalized spacial score (nSPS) is 10.2. The van der Waals surface area contributed by atoms with Crippen molar-refractivity contribution in [3.8, 4) is 17.2 Å². The SMILES string of the molecule is O=C(O)Cc1cnc(-c2ccc(O)cc2)o1. The van der Waals surface area contributed by atoms with Gasteiger partial charge in [0.05, 0.1) is 6.20 Å². The van der Waals surface area contributed by atoms with Gasteiger partial charge in [0.15, 0.2) is 0 Å². The maximum absolute atomic E-state index is 10.4. The predicted octanol–water partition coefficient (Wildman–Crippen LogP) is 1.67. The van der Waals surface area contributed by atoms with Gasteiger partial charge in [0.25, 0.3) is 0 Å². The zero-order valence-corrected chi connectivity index (χ0v) is 8.25. The summed E-state index contributed by atoms with van der Waals surface area (Å²) < 4.78 is 5.25. The van der Waals surface area contributed by atoms with Crippen LogP contribution in [0.4, 0.5) is 0 Å². The number of carboxylic acids is 1. The summed E-state index contributed by atoms with van der Waals surface area (Å²) in [6.07, 6.45) is 1.20. The molecule has 0 spiro atoms. The van der Waals surface area contributed by atoms with E-state index in [1.165, 1.54) is 18.3 Å². The third-order valence-corrected chi connectivity index (χ3v) is 1.99. The molecule has 0 saturated carbocycles. The average molecular weight is 219 g/mol. The fourth-order valence-corrected chi connectivity index (χ4v) is 1.28. The van der Waals surface area contributed by atoms with Crippen molar-refractivity contribution in [3.05, 3.63) is 36.2 Å². The molecule has 1 heterocycles. The first-order valence-electron chi connectivity index (χ1n) is 4.61. The molecule has 1 aromatic heterocycles. The van der Waals surface area contributed by atoms with Crippen molar-refractivity contribution < 1.29 is 19.4 Å². The van der Waals surface area contributed by atoms with Crippen molar-refractivity contribution in [1.82, 2.24) is 4.98 Å². The number of carbonyl (C=O) groups is 1. The molecule has 0 fully saturated rings. The van der Waals surface area contributed by atoms with Gasteiger partial charge in [-0.05, 0) is 24.3 Å². The predicted molar refractivity (Wildman–Crippen MR) is 54.9 cm³/mol. The smallest absolute Gasteiger partial charge is 0.311 e. The molecule has 0 unspecified atom stereocenters. The lowest BCUT2D eigenvalue weighted by molar-refractivity contribution is -0.136. The van der Waals surface area contributed by atoms with E-state index < -0.39 is 5.97 Å². The van der Waals surface area contributed by atoms with Crippen LogP contribution >= 0.6 is 0 Å². The maximum Gasteiger partial charge on any atom is 0.311 e. The van der Waals surface area contributed by atoms with Crippen molar-refractivity contribution in [3.63, 3.8) is 0 Å². The van der Waals surface area contributed by atoms with Gasteiger partial charge in [0, 0.05) is 5.56 Å². The fourth-order valence-electron chi connectivity index (χ4n) is 1.28. The third-order valence-electron chi connectivity index (χ3n) is 1.99. The lowest BCUT2D eigenvalue weighted by Gasteiger charge is -1.95. The monoisotopic (exact) mass is 219 g/mol. The fraction of sp³-hybridized carbons (Fsp3) is 0.0909. The van der Waals surface area contributed by atoms with Crippen molar-refractivity contribution in [2.75, 3.05) is 0 Å². The highest BCUT2D eigenvalue weighted by Gasteiger charge is 2.09. The summed E-state index contributed by atoms with van der Waals surface area (Å²) in [6, 6.07) is 6.31. The van der Waals surface area contributed by atoms with Crippen LogP contribution in [-0.4, -0.2) is 21.2 Å². The molecule has 2 rings (SSSR count). The Bertz CT molecular complexity index is 501. The molecule has 0 saturated heterocycles. The quantitative estimate of drug-likeness (QED) is 0.820. The highest BCUT2D eigenvalue weighted by Crippen LogP contribution is 2.21. The maximum atomic E-state index is 10.4. The zero-order valence-electron chi connectivity index (χ0n) is 8.25. The molecule has 0 aliphatic rings. The average Bonchev–Trinajstić information content (AvgIpc) is 2.66. The molecule has 2 aromatic rings. The number of rotatable bonds is 3. The standard InChI is InChI=1S/C11H9NO4/c13-8-3-1-7(2-4-8)11-12-6-9(16-11)5-10(14)15/h1-4,6,13H,5H2,(H,14,15). The summed E-state index contributed by atoms with van der Waals surface area (Å²) in [4.78, 5) is 14.4. The molecule has 0 aliphatic heterocycles. The lowest BCUT2D eigenvalue weighted by Crippen LogP contribution is -1.97. The van der Waals surface area contributed by atoms with Crippen molar-refractivity contribution in [2.45, 2.75) is 6.42 Å². The molecular formula is C11H9NO4. The molecule has 16 heavy (non-hydrogen) atoms. The van der Waals surface area contributed by atoms with Crippen LogP contribution in [0.3, 0.4) is 0 Å². The van der Waals surface area contributed by atoms with E-state index in [0.717, 1.165) is 0 Å². The van der Waals surface area contributed by atoms with Crippen LogP contribution < -0.4 is 0 Å². The zero-order chi connectivity index (χ0) is 11.5. The van der Waals surface area contributed by atoms with Crippen LogP contribution in [-0.2, 0) is 11.2 Å². The molecule has 82 valence electrons. The second-order valence-corrected chi connectivity index (χ2v) is 3.25. The van der Waals surface area contributed by atoms with Crippen LogP contribution in [0.1, 0.15) is 5.76 Å². The number of nitrogens with zero attached hydrogens (tertiary/aromatic N) is 1. The molecule has 2 N–H and O–H groups in total. The molecule has 5 nitrogen and oxygen atoms in total. The van der Waals surface area contributed by atoms with E-state index in [9.17, 15) is 4.79 Å². The summed E-state index contributed by atoms with van der Waals surface area (Å²) in [5.74, 6) is -0.165. The van der Waals surface area contributed by atoms with Gasteiger partial charge >= 0.3 is 5.97 Å². The molecule has 0 bridgehead atoms. The molecule has 0 aliphatic carbocycles. The highest BCUT2D eigenvalue weighted by molar-refractivity contribution is 5.69. The minimum absolute atomic E-state index is 0.154. The Kier molecular flexibility index (Phi) is 2.59. The number of oxazole rings is 1. The number of aliphatic carboxylic acids is 1. The summed E-state index contributed by atoms with van der Waals surface area (Å²) in [7, 11) is 0. The van der Waals surface area contributed by atoms with Crippen LogP contribution in [0.25, 0.3) is 11.5 Å². The Morgan fingerprint density at radius 1 is 1.31 bits per heavy atom. The van der Waals surface area contributed by atoms with Crippen molar-refractivity contribution in [1.29, 1.82) is 0 Å². The number of aromatic nitrogens is 1. The summed E-state index contributed by atoms with van der Waals surface area (Å²) in [5, 5.41) is 17.7. The van der Waals surface area contributed by atoms with Gasteiger partial charge in [0.2, 0.25) is 5.89 Å². The van der Waals surface area contributed by atoms with Gasteiger partial charge in [-0.15, -0.1) is 0 Å². The van der Waals surface area contributed by atoms with Gasteiger partial charge in [-0.25, -0.2) is 4.98 Å². The Balaban J connectivity index is 2.24. The molecular weight excluding hydrogens is 210 g/mol. The van der Waals surface area contributed by atoms with Crippen LogP contribution in [0.5, 0.6) is 5.75 Å². The van der Waals surface area contributed by atoms with E-state index >= 15 is 0 Å². The van der Waals surface area contributed by atoms with E-state index in [1.54, 1.807) is 12.1 Å². The van der Waals surface area contributed by atoms with E-state index in [0.29, 0.717) is 17.2 Å². The second-order valence-electron chi connectivity index (χ2n) is 3.25. The Morgan fingerprint density at radius 2 is 2.00 bits per heavy atom. The van der Waals surface area contributed by atoms with Gasteiger partial charge in [-0.3, -0.25) is 4.79 Å². The first-order chi connectivity index (χ1) is 7.65. The molecule has 1 aromatic carbocycles. The molecule has 5 heteroatoms. The number of carboxylic acid groups (broad SMARTS) is 1.